The van der Waals surface area contributed by atoms with Crippen molar-refractivity contribution in [2.45, 2.75) is 64.3 Å². The molecule has 3 rings (SSSR count). The molecule has 0 radical (unpaired) electrons. The van der Waals surface area contributed by atoms with Gasteiger partial charge in [-0.1, -0.05) is 11.6 Å². The van der Waals surface area contributed by atoms with Crippen molar-refractivity contribution in [2.24, 2.45) is 7.05 Å². The molecule has 1 atom stereocenters. The number of imidazole rings is 1. The second-order valence-electron chi connectivity index (χ2n) is 7.67. The molecule has 0 unspecified atom stereocenters. The van der Waals surface area contributed by atoms with Crippen LogP contribution in [-0.2, 0) is 16.6 Å². The average molecular weight is 461 g/mol. The number of carbonyl (C=O) groups is 1. The number of ether oxygens (including phenoxy) is 3. The summed E-state index contributed by atoms with van der Waals surface area (Å²) in [7, 11) is 1.74. The van der Waals surface area contributed by atoms with Crippen molar-refractivity contribution >= 4 is 28.5 Å². The average Bonchev–Trinajstić information content (AvgIpc) is 3.03. The molecule has 0 bridgehead atoms. The molecule has 1 aliphatic carbocycles. The molecule has 172 valence electrons. The Balaban J connectivity index is 1.58. The summed E-state index contributed by atoms with van der Waals surface area (Å²) < 4.78 is 43.6. The van der Waals surface area contributed by atoms with Gasteiger partial charge >= 0.3 is 0 Å². The Bertz CT molecular complexity index is 903. The van der Waals surface area contributed by atoms with Crippen LogP contribution in [0.25, 0.3) is 11.0 Å². The van der Waals surface area contributed by atoms with Gasteiger partial charge in [-0.05, 0) is 32.6 Å². The van der Waals surface area contributed by atoms with Crippen molar-refractivity contribution in [1.82, 2.24) is 19.9 Å². The second kappa shape index (κ2) is 10.4. The van der Waals surface area contributed by atoms with Gasteiger partial charge in [0.05, 0.1) is 23.9 Å². The summed E-state index contributed by atoms with van der Waals surface area (Å²) in [5, 5.41) is 2.87. The van der Waals surface area contributed by atoms with Crippen LogP contribution in [0.5, 0.6) is 11.9 Å². The fraction of sp³-hybridized carbons (Fsp3) is 0.650. The van der Waals surface area contributed by atoms with Crippen molar-refractivity contribution < 1.29 is 27.8 Å². The zero-order valence-electron chi connectivity index (χ0n) is 17.7. The maximum Gasteiger partial charge on any atom is 0.297 e. The Kier molecular flexibility index (Phi) is 7.88. The van der Waals surface area contributed by atoms with Gasteiger partial charge in [-0.2, -0.15) is 4.98 Å². The monoisotopic (exact) mass is 460 g/mol. The number of aromatic nitrogens is 3. The number of nitrogens with one attached hydrogen (secondary N) is 1. The maximum absolute atomic E-state index is 12.4. The zero-order chi connectivity index (χ0) is 22.5. The van der Waals surface area contributed by atoms with Crippen molar-refractivity contribution in [1.29, 1.82) is 0 Å². The molecule has 1 N–H and O–H groups in total. The highest BCUT2D eigenvalue weighted by Gasteiger charge is 2.26. The minimum Gasteiger partial charge on any atom is -0.470 e. The molecule has 0 aliphatic heterocycles. The number of rotatable bonds is 9. The summed E-state index contributed by atoms with van der Waals surface area (Å²) in [4.78, 5) is 19.4. The predicted octanol–water partition coefficient (Wildman–Crippen LogP) is 3.50. The number of halogens is 3. The Morgan fingerprint density at radius 1 is 1.32 bits per heavy atom. The van der Waals surface area contributed by atoms with Crippen LogP contribution in [0.2, 0.25) is 5.02 Å². The van der Waals surface area contributed by atoms with E-state index in [-0.39, 0.29) is 35.1 Å². The van der Waals surface area contributed by atoms with E-state index in [1.807, 2.05) is 6.92 Å². The minimum atomic E-state index is -2.62. The molecule has 1 saturated carbocycles. The Morgan fingerprint density at radius 3 is 2.65 bits per heavy atom. The normalized spacial score (nSPS) is 20.1. The van der Waals surface area contributed by atoms with E-state index in [0.717, 1.165) is 25.7 Å². The number of hydrogen-bond acceptors (Lipinski definition) is 6. The van der Waals surface area contributed by atoms with Gasteiger partial charge < -0.3 is 19.5 Å². The Morgan fingerprint density at radius 2 is 2.00 bits per heavy atom. The van der Waals surface area contributed by atoms with Gasteiger partial charge in [0.25, 0.3) is 12.4 Å². The number of carbonyl (C=O) groups excluding carboxylic acids is 1. The quantitative estimate of drug-likeness (QED) is 0.616. The molecule has 1 aliphatic rings. The molecule has 1 amide bonds. The van der Waals surface area contributed by atoms with Crippen molar-refractivity contribution in [3.8, 4) is 11.9 Å². The van der Waals surface area contributed by atoms with Crippen molar-refractivity contribution in [2.75, 3.05) is 13.2 Å². The van der Waals surface area contributed by atoms with Crippen LogP contribution >= 0.6 is 11.6 Å². The zero-order valence-corrected chi connectivity index (χ0v) is 18.5. The molecule has 1 fully saturated rings. The number of hydrogen-bond donors (Lipinski definition) is 1. The molecule has 2 aromatic rings. The van der Waals surface area contributed by atoms with Gasteiger partial charge in [0, 0.05) is 20.5 Å². The molecular weight excluding hydrogens is 434 g/mol. The van der Waals surface area contributed by atoms with Crippen molar-refractivity contribution in [3.63, 3.8) is 0 Å². The van der Waals surface area contributed by atoms with Crippen LogP contribution in [-0.4, -0.2) is 58.3 Å². The summed E-state index contributed by atoms with van der Waals surface area (Å²) in [5.74, 6) is -0.131. The highest BCUT2D eigenvalue weighted by molar-refractivity contribution is 6.36. The number of nitrogens with zero attached hydrogens (tertiary/aromatic N) is 3. The highest BCUT2D eigenvalue weighted by atomic mass is 35.5. The third-order valence-corrected chi connectivity index (χ3v) is 5.42. The predicted molar refractivity (Wildman–Crippen MR) is 111 cm³/mol. The summed E-state index contributed by atoms with van der Waals surface area (Å²) in [6, 6.07) is 0.383. The van der Waals surface area contributed by atoms with E-state index >= 15 is 0 Å². The van der Waals surface area contributed by atoms with Crippen molar-refractivity contribution in [3.05, 3.63) is 11.2 Å². The maximum atomic E-state index is 12.4. The van der Waals surface area contributed by atoms with E-state index < -0.39 is 13.0 Å². The summed E-state index contributed by atoms with van der Waals surface area (Å²) in [6.45, 7) is 3.13. The van der Waals surface area contributed by atoms with Crippen LogP contribution in [0.1, 0.15) is 39.5 Å². The molecule has 8 nitrogen and oxygen atoms in total. The number of fused-ring (bicyclic) bond motifs is 1. The fourth-order valence-electron chi connectivity index (χ4n) is 3.57. The molecule has 2 heterocycles. The van der Waals surface area contributed by atoms with Gasteiger partial charge in [-0.25, -0.2) is 13.8 Å². The minimum absolute atomic E-state index is 0.0256. The smallest absolute Gasteiger partial charge is 0.297 e. The van der Waals surface area contributed by atoms with E-state index in [4.69, 9.17) is 25.8 Å². The van der Waals surface area contributed by atoms with E-state index in [0.29, 0.717) is 23.6 Å². The first-order chi connectivity index (χ1) is 14.7. The topological polar surface area (TPSA) is 87.5 Å². The second-order valence-corrected chi connectivity index (χ2v) is 8.04. The SMILES string of the molecule is CC(=O)NC[C@@H](C)OC1CCC(Oc2nc3cnc(OCC(F)F)c(Cl)c3n2C)CC1. The lowest BCUT2D eigenvalue weighted by molar-refractivity contribution is -0.120. The molecule has 31 heavy (non-hydrogen) atoms. The van der Waals surface area contributed by atoms with Crippen LogP contribution in [0.15, 0.2) is 6.20 Å². The first-order valence-corrected chi connectivity index (χ1v) is 10.6. The molecule has 0 spiro atoms. The van der Waals surface area contributed by atoms with Gasteiger partial charge in [-0.3, -0.25) is 9.36 Å². The Hall–Kier alpha value is -2.20. The summed E-state index contributed by atoms with van der Waals surface area (Å²) >= 11 is 6.31. The third-order valence-electron chi connectivity index (χ3n) is 5.08. The largest absolute Gasteiger partial charge is 0.470 e. The first kappa shape index (κ1) is 23.5. The Labute approximate surface area is 184 Å². The van der Waals surface area contributed by atoms with Gasteiger partial charge in [0.15, 0.2) is 6.61 Å². The fourth-order valence-corrected chi connectivity index (χ4v) is 3.90. The molecule has 0 saturated heterocycles. The van der Waals surface area contributed by atoms with Gasteiger partial charge in [0.1, 0.15) is 16.6 Å². The number of aryl methyl sites for hydroxylation is 1. The molecule has 11 heteroatoms. The summed E-state index contributed by atoms with van der Waals surface area (Å²) in [5.41, 5.74) is 1.01. The third kappa shape index (κ3) is 6.16. The van der Waals surface area contributed by atoms with E-state index in [1.54, 1.807) is 11.6 Å². The van der Waals surface area contributed by atoms with Crippen LogP contribution < -0.4 is 14.8 Å². The van der Waals surface area contributed by atoms with Crippen LogP contribution in [0.4, 0.5) is 8.78 Å². The van der Waals surface area contributed by atoms with E-state index in [1.165, 1.54) is 13.1 Å². The van der Waals surface area contributed by atoms with E-state index in [2.05, 4.69) is 15.3 Å². The number of pyridine rings is 1. The van der Waals surface area contributed by atoms with Crippen LogP contribution in [0, 0.1) is 0 Å². The highest BCUT2D eigenvalue weighted by Crippen LogP contribution is 2.34. The standard InChI is InChI=1S/C20H27ClF2N4O4/c1-11(8-24-12(2)28)30-13-4-6-14(7-5-13)31-20-26-15-9-25-19(29-10-16(22)23)17(21)18(15)27(20)3/h9,11,13-14,16H,4-8,10H2,1-3H3,(H,24,28)/t11-,13?,14?/m1/s1. The number of amides is 1. The number of alkyl halides is 2. The molecule has 2 aromatic heterocycles. The molecular formula is C20H27ClF2N4O4. The van der Waals surface area contributed by atoms with E-state index in [9.17, 15) is 13.6 Å². The lowest BCUT2D eigenvalue weighted by atomic mass is 9.95. The first-order valence-electron chi connectivity index (χ1n) is 10.2. The lowest BCUT2D eigenvalue weighted by Crippen LogP contribution is -2.35. The van der Waals surface area contributed by atoms with Gasteiger partial charge in [-0.15, -0.1) is 0 Å². The lowest BCUT2D eigenvalue weighted by Gasteiger charge is -2.30. The molecule has 0 aromatic carbocycles. The van der Waals surface area contributed by atoms with Crippen LogP contribution in [0.3, 0.4) is 0 Å². The van der Waals surface area contributed by atoms with Gasteiger partial charge in [0.2, 0.25) is 11.8 Å². The summed E-state index contributed by atoms with van der Waals surface area (Å²) in [6.07, 6.45) is 2.13.